The van der Waals surface area contributed by atoms with Crippen LogP contribution in [-0.4, -0.2) is 127 Å². The summed E-state index contributed by atoms with van der Waals surface area (Å²) in [6.45, 7) is 9.33. The van der Waals surface area contributed by atoms with Crippen molar-refractivity contribution >= 4 is 52.8 Å². The molecule has 0 spiro atoms. The van der Waals surface area contributed by atoms with Gasteiger partial charge in [-0.25, -0.2) is 0 Å². The number of unbranched alkanes of at least 4 members (excludes halogenated alkanes) is 4. The number of hydrogen-bond donors (Lipinski definition) is 11. The number of aliphatic hydroxyl groups is 1. The van der Waals surface area contributed by atoms with Gasteiger partial charge in [-0.05, 0) is 101 Å². The molecule has 15 N–H and O–H groups in total. The highest BCUT2D eigenvalue weighted by molar-refractivity contribution is 5.98. The standard InChI is InChI=1S/C54H92N10O10/c1-6-7-8-9-13-16-40(65)33-41(66)30-37(17-22-55)47(67)31-38-21-26-59-51(71)45(27-34(2)3)64-53(73)44(20-25-58)61-52(72)43(19-24-57)62-54(74)46(28-35(4)5)63-50(70)39(29-36-14-11-10-12-15-36)32-48(68)42(18-23-56)60-49(38)69/h10-12,14-15,34-35,37-40,42-46,65H,6-9,13,16-33,55-58H2,1-5H3,(H,59,71)(H,60,69)(H,61,72)(H,62,74)(H,63,70)(H,64,73)/t37-,38+,39-,40+,42-,43-,44-,45-,46-/m0/s1. The van der Waals surface area contributed by atoms with Gasteiger partial charge in [0, 0.05) is 50.0 Å². The maximum Gasteiger partial charge on any atom is 0.243 e. The molecule has 1 heterocycles. The van der Waals surface area contributed by atoms with Crippen molar-refractivity contribution in [3.8, 4) is 0 Å². The number of benzene rings is 1. The van der Waals surface area contributed by atoms with Gasteiger partial charge in [0.1, 0.15) is 35.7 Å². The number of carbonyl (C=O) groups is 9. The second-order valence-electron chi connectivity index (χ2n) is 20.9. The minimum atomic E-state index is -1.24. The Kier molecular flexibility index (Phi) is 31.6. The fourth-order valence-corrected chi connectivity index (χ4v) is 9.21. The summed E-state index contributed by atoms with van der Waals surface area (Å²) in [5.41, 5.74) is 24.5. The molecule has 1 fully saturated rings. The molecule has 0 bridgehead atoms. The van der Waals surface area contributed by atoms with Crippen LogP contribution in [0.15, 0.2) is 30.3 Å². The molecule has 1 aliphatic rings. The first-order valence-corrected chi connectivity index (χ1v) is 27.2. The Morgan fingerprint density at radius 2 is 1.09 bits per heavy atom. The lowest BCUT2D eigenvalue weighted by atomic mass is 9.85. The Labute approximate surface area is 439 Å². The summed E-state index contributed by atoms with van der Waals surface area (Å²) in [6.07, 6.45) is 3.75. The lowest BCUT2D eigenvalue weighted by Crippen LogP contribution is -2.59. The maximum absolute atomic E-state index is 14.5. The number of carbonyl (C=O) groups excluding carboxylic acids is 9. The molecule has 1 aliphatic heterocycles. The zero-order valence-electron chi connectivity index (χ0n) is 44.9. The fraction of sp³-hybridized carbons (Fsp3) is 0.722. The Hall–Kier alpha value is -5.15. The molecule has 1 aromatic carbocycles. The molecule has 20 nitrogen and oxygen atoms in total. The predicted octanol–water partition coefficient (Wildman–Crippen LogP) is 1.50. The first kappa shape index (κ1) is 65.0. The zero-order chi connectivity index (χ0) is 55.2. The molecule has 20 heteroatoms. The van der Waals surface area contributed by atoms with Crippen LogP contribution in [0.3, 0.4) is 0 Å². The maximum atomic E-state index is 14.5. The van der Waals surface area contributed by atoms with E-state index in [1.165, 1.54) is 0 Å². The van der Waals surface area contributed by atoms with Crippen molar-refractivity contribution in [1.82, 2.24) is 31.9 Å². The highest BCUT2D eigenvalue weighted by Gasteiger charge is 2.36. The van der Waals surface area contributed by atoms with Gasteiger partial charge in [0.25, 0.3) is 0 Å². The van der Waals surface area contributed by atoms with Crippen molar-refractivity contribution < 1.29 is 48.3 Å². The highest BCUT2D eigenvalue weighted by atomic mass is 16.3. The van der Waals surface area contributed by atoms with Gasteiger partial charge in [-0.2, -0.15) is 0 Å². The van der Waals surface area contributed by atoms with E-state index < -0.39 is 101 Å². The van der Waals surface area contributed by atoms with E-state index in [-0.39, 0.29) is 127 Å². The Balaban J connectivity index is 2.68. The van der Waals surface area contributed by atoms with E-state index >= 15 is 0 Å². The third-order valence-electron chi connectivity index (χ3n) is 13.3. The number of nitrogens with two attached hydrogens (primary N) is 4. The SMILES string of the molecule is CCCCCCC[C@@H](O)CC(=O)C[C@H](CCN)C(=O)C[C@H]1CCNC(=O)[C@H](CC(C)C)NC(=O)[C@H](CCN)NC(=O)[C@H](CCN)NC(=O)[C@H](CC(C)C)NC(=O)[C@@H](Cc2ccccc2)CC(=O)[C@H](CCN)NC1=O. The molecule has 1 saturated heterocycles. The van der Waals surface area contributed by atoms with Crippen molar-refractivity contribution in [3.05, 3.63) is 35.9 Å². The molecule has 0 unspecified atom stereocenters. The van der Waals surface area contributed by atoms with Crippen LogP contribution < -0.4 is 54.8 Å². The molecule has 0 aliphatic carbocycles. The van der Waals surface area contributed by atoms with Crippen LogP contribution in [0.2, 0.25) is 0 Å². The van der Waals surface area contributed by atoms with E-state index in [1.807, 2.05) is 27.7 Å². The van der Waals surface area contributed by atoms with Crippen LogP contribution in [-0.2, 0) is 49.6 Å². The van der Waals surface area contributed by atoms with Crippen molar-refractivity contribution in [2.45, 2.75) is 187 Å². The van der Waals surface area contributed by atoms with Gasteiger partial charge >= 0.3 is 0 Å². The monoisotopic (exact) mass is 1040 g/mol. The lowest BCUT2D eigenvalue weighted by molar-refractivity contribution is -0.136. The Bertz CT molecular complexity index is 1920. The van der Waals surface area contributed by atoms with Crippen molar-refractivity contribution in [2.75, 3.05) is 32.7 Å². The smallest absolute Gasteiger partial charge is 0.243 e. The average Bonchev–Trinajstić information content (AvgIpc) is 3.34. The van der Waals surface area contributed by atoms with Gasteiger partial charge in [0.2, 0.25) is 35.4 Å². The molecule has 418 valence electrons. The predicted molar refractivity (Wildman–Crippen MR) is 284 cm³/mol. The van der Waals surface area contributed by atoms with Gasteiger partial charge in [-0.1, -0.05) is 97.1 Å². The zero-order valence-corrected chi connectivity index (χ0v) is 44.9. The van der Waals surface area contributed by atoms with Gasteiger partial charge in [0.05, 0.1) is 12.1 Å². The molecular formula is C54H92N10O10. The van der Waals surface area contributed by atoms with Crippen LogP contribution in [0.25, 0.3) is 0 Å². The number of Topliss-reactive ketones (excluding diaryl/α,β-unsaturated/α-hetero) is 3. The third-order valence-corrected chi connectivity index (χ3v) is 13.3. The van der Waals surface area contributed by atoms with Crippen LogP contribution in [0.5, 0.6) is 0 Å². The van der Waals surface area contributed by atoms with Crippen molar-refractivity contribution in [3.63, 3.8) is 0 Å². The Morgan fingerprint density at radius 3 is 1.65 bits per heavy atom. The van der Waals surface area contributed by atoms with Crippen LogP contribution in [0.1, 0.15) is 149 Å². The van der Waals surface area contributed by atoms with E-state index in [0.29, 0.717) is 6.42 Å². The molecule has 74 heavy (non-hydrogen) atoms. The van der Waals surface area contributed by atoms with Crippen molar-refractivity contribution in [2.24, 2.45) is 52.5 Å². The largest absolute Gasteiger partial charge is 0.393 e. The number of hydrogen-bond acceptors (Lipinski definition) is 14. The fourth-order valence-electron chi connectivity index (χ4n) is 9.21. The number of rotatable bonds is 27. The molecular weight excluding hydrogens is 949 g/mol. The molecule has 0 radical (unpaired) electrons. The van der Waals surface area contributed by atoms with E-state index in [4.69, 9.17) is 22.9 Å². The first-order chi connectivity index (χ1) is 35.3. The van der Waals surface area contributed by atoms with Gasteiger partial charge < -0.3 is 59.9 Å². The summed E-state index contributed by atoms with van der Waals surface area (Å²) in [5, 5.41) is 27.2. The number of ketones is 3. The van der Waals surface area contributed by atoms with E-state index in [2.05, 4.69) is 38.8 Å². The molecule has 0 saturated carbocycles. The molecule has 9 atom stereocenters. The van der Waals surface area contributed by atoms with Gasteiger partial charge in [-0.15, -0.1) is 0 Å². The summed E-state index contributed by atoms with van der Waals surface area (Å²) in [4.78, 5) is 127. The molecule has 2 rings (SSSR count). The topological polar surface area (TPSA) is 350 Å². The number of nitrogens with one attached hydrogen (secondary N) is 6. The lowest BCUT2D eigenvalue weighted by Gasteiger charge is -2.28. The van der Waals surface area contributed by atoms with Gasteiger partial charge in [-0.3, -0.25) is 43.2 Å². The van der Waals surface area contributed by atoms with E-state index in [1.54, 1.807) is 30.3 Å². The second kappa shape index (κ2) is 35.9. The van der Waals surface area contributed by atoms with Gasteiger partial charge in [0.15, 0.2) is 5.78 Å². The quantitative estimate of drug-likeness (QED) is 0.0557. The summed E-state index contributed by atoms with van der Waals surface area (Å²) < 4.78 is 0. The second-order valence-corrected chi connectivity index (χ2v) is 20.9. The van der Waals surface area contributed by atoms with Crippen LogP contribution in [0, 0.1) is 29.6 Å². The van der Waals surface area contributed by atoms with E-state index in [9.17, 15) is 48.3 Å². The minimum absolute atomic E-state index is 0.0287. The molecule has 0 aromatic heterocycles. The Morgan fingerprint density at radius 1 is 0.595 bits per heavy atom. The summed E-state index contributed by atoms with van der Waals surface area (Å²) in [7, 11) is 0. The molecule has 1 aromatic rings. The average molecular weight is 1040 g/mol. The summed E-state index contributed by atoms with van der Waals surface area (Å²) in [6, 6.07) is 2.99. The summed E-state index contributed by atoms with van der Waals surface area (Å²) in [5.74, 6) is -8.67. The van der Waals surface area contributed by atoms with E-state index in [0.717, 1.165) is 37.7 Å². The van der Waals surface area contributed by atoms with Crippen molar-refractivity contribution in [1.29, 1.82) is 0 Å². The van der Waals surface area contributed by atoms with Crippen LogP contribution in [0.4, 0.5) is 0 Å². The summed E-state index contributed by atoms with van der Waals surface area (Å²) >= 11 is 0. The minimum Gasteiger partial charge on any atom is -0.393 e. The number of amides is 6. The number of aliphatic hydroxyl groups excluding tert-OH is 1. The molecule has 6 amide bonds. The normalized spacial score (nSPS) is 23.2. The van der Waals surface area contributed by atoms with Crippen LogP contribution >= 0.6 is 0 Å². The third kappa shape index (κ3) is 24.9. The first-order valence-electron chi connectivity index (χ1n) is 27.2. The highest BCUT2D eigenvalue weighted by Crippen LogP contribution is 2.22.